The van der Waals surface area contributed by atoms with Gasteiger partial charge in [-0.1, -0.05) is 28.1 Å². The van der Waals surface area contributed by atoms with Crippen LogP contribution >= 0.6 is 15.9 Å². The molecule has 122 valence electrons. The number of halogens is 1. The number of nitrogens with one attached hydrogen (secondary N) is 1. The zero-order valence-electron chi connectivity index (χ0n) is 13.2. The van der Waals surface area contributed by atoms with Crippen molar-refractivity contribution < 1.29 is 18.7 Å². The fourth-order valence-corrected chi connectivity index (χ4v) is 2.42. The van der Waals surface area contributed by atoms with E-state index in [0.29, 0.717) is 17.1 Å². The number of benzene rings is 1. The quantitative estimate of drug-likeness (QED) is 0.804. The molecule has 6 heteroatoms. The van der Waals surface area contributed by atoms with Crippen LogP contribution in [0.25, 0.3) is 0 Å². The summed E-state index contributed by atoms with van der Waals surface area (Å²) >= 11 is 3.36. The van der Waals surface area contributed by atoms with Crippen molar-refractivity contribution in [3.8, 4) is 0 Å². The van der Waals surface area contributed by atoms with Crippen molar-refractivity contribution in [1.29, 1.82) is 0 Å². The molecule has 2 aromatic rings. The maximum atomic E-state index is 11.9. The van der Waals surface area contributed by atoms with Crippen LogP contribution in [0.2, 0.25) is 0 Å². The lowest BCUT2D eigenvalue weighted by molar-refractivity contribution is -0.124. The number of rotatable bonds is 5. The van der Waals surface area contributed by atoms with Crippen molar-refractivity contribution in [1.82, 2.24) is 5.32 Å². The lowest BCUT2D eigenvalue weighted by Crippen LogP contribution is -2.31. The van der Waals surface area contributed by atoms with Crippen LogP contribution < -0.4 is 5.32 Å². The third-order valence-corrected chi connectivity index (χ3v) is 3.87. The molecule has 0 fully saturated rings. The Balaban J connectivity index is 1.86. The molecule has 0 aliphatic carbocycles. The van der Waals surface area contributed by atoms with E-state index in [9.17, 15) is 9.59 Å². The second-order valence-corrected chi connectivity index (χ2v) is 6.16. The molecule has 0 radical (unpaired) electrons. The maximum Gasteiger partial charge on any atom is 0.342 e. The van der Waals surface area contributed by atoms with Gasteiger partial charge in [-0.05, 0) is 44.5 Å². The average Bonchev–Trinajstić information content (AvgIpc) is 2.84. The molecule has 2 rings (SSSR count). The highest BCUT2D eigenvalue weighted by Crippen LogP contribution is 2.17. The molecular weight excluding hydrogens is 362 g/mol. The number of ether oxygens (including phenoxy) is 1. The first-order chi connectivity index (χ1) is 10.9. The van der Waals surface area contributed by atoms with E-state index in [1.165, 1.54) is 0 Å². The highest BCUT2D eigenvalue weighted by Gasteiger charge is 2.17. The van der Waals surface area contributed by atoms with Crippen LogP contribution in [-0.4, -0.2) is 18.5 Å². The first kappa shape index (κ1) is 17.3. The molecule has 1 aromatic heterocycles. The molecule has 0 bridgehead atoms. The van der Waals surface area contributed by atoms with E-state index in [4.69, 9.17) is 9.15 Å². The lowest BCUT2D eigenvalue weighted by atomic mass is 10.1. The summed E-state index contributed by atoms with van der Waals surface area (Å²) in [6.07, 6.45) is 0. The highest BCUT2D eigenvalue weighted by molar-refractivity contribution is 9.10. The fraction of sp³-hybridized carbons (Fsp3) is 0.294. The van der Waals surface area contributed by atoms with Gasteiger partial charge in [0.2, 0.25) is 0 Å². The molecule has 0 aliphatic rings. The minimum atomic E-state index is -0.564. The van der Waals surface area contributed by atoms with E-state index in [2.05, 4.69) is 21.2 Å². The number of hydrogen-bond acceptors (Lipinski definition) is 4. The second-order valence-electron chi connectivity index (χ2n) is 5.24. The second kappa shape index (κ2) is 7.46. The Kier molecular flexibility index (Phi) is 5.60. The summed E-state index contributed by atoms with van der Waals surface area (Å²) in [4.78, 5) is 23.8. The summed E-state index contributed by atoms with van der Waals surface area (Å²) < 4.78 is 11.3. The number of carbonyl (C=O) groups is 2. The minimum Gasteiger partial charge on any atom is -0.466 e. The van der Waals surface area contributed by atoms with E-state index >= 15 is 0 Å². The van der Waals surface area contributed by atoms with Gasteiger partial charge >= 0.3 is 5.97 Å². The predicted octanol–water partition coefficient (Wildman–Crippen LogP) is 3.69. The van der Waals surface area contributed by atoms with Crippen LogP contribution in [0.5, 0.6) is 0 Å². The van der Waals surface area contributed by atoms with Gasteiger partial charge in [-0.2, -0.15) is 0 Å². The fourth-order valence-electron chi connectivity index (χ4n) is 2.16. The lowest BCUT2D eigenvalue weighted by Gasteiger charge is -2.14. The average molecular weight is 380 g/mol. The van der Waals surface area contributed by atoms with Gasteiger partial charge in [0.1, 0.15) is 17.1 Å². The van der Waals surface area contributed by atoms with Gasteiger partial charge in [-0.3, -0.25) is 4.79 Å². The summed E-state index contributed by atoms with van der Waals surface area (Å²) in [6.45, 7) is 4.96. The molecule has 1 aromatic carbocycles. The number of aryl methyl sites for hydroxylation is 2. The normalized spacial score (nSPS) is 11.8. The van der Waals surface area contributed by atoms with Crippen molar-refractivity contribution in [3.05, 3.63) is 57.5 Å². The third kappa shape index (κ3) is 4.69. The summed E-state index contributed by atoms with van der Waals surface area (Å²) in [7, 11) is 0. The Hall–Kier alpha value is -2.08. The van der Waals surface area contributed by atoms with Gasteiger partial charge < -0.3 is 14.5 Å². The summed E-state index contributed by atoms with van der Waals surface area (Å²) in [5.74, 6) is 0.191. The van der Waals surface area contributed by atoms with Crippen molar-refractivity contribution in [2.24, 2.45) is 0 Å². The van der Waals surface area contributed by atoms with Gasteiger partial charge in [-0.15, -0.1) is 0 Å². The molecule has 0 spiro atoms. The number of carbonyl (C=O) groups excluding carboxylic acids is 2. The van der Waals surface area contributed by atoms with Crippen LogP contribution in [0.1, 0.15) is 40.4 Å². The Morgan fingerprint density at radius 2 is 1.91 bits per heavy atom. The summed E-state index contributed by atoms with van der Waals surface area (Å²) in [5, 5.41) is 2.79. The number of amides is 1. The Morgan fingerprint density at radius 3 is 2.48 bits per heavy atom. The van der Waals surface area contributed by atoms with Crippen LogP contribution in [-0.2, 0) is 9.53 Å². The largest absolute Gasteiger partial charge is 0.466 e. The molecule has 23 heavy (non-hydrogen) atoms. The molecule has 0 unspecified atom stereocenters. The van der Waals surface area contributed by atoms with Crippen LogP contribution in [0, 0.1) is 13.8 Å². The summed E-state index contributed by atoms with van der Waals surface area (Å²) in [5.41, 5.74) is 1.31. The Morgan fingerprint density at radius 1 is 1.26 bits per heavy atom. The van der Waals surface area contributed by atoms with E-state index in [0.717, 1.165) is 10.0 Å². The number of hydrogen-bond donors (Lipinski definition) is 1. The van der Waals surface area contributed by atoms with E-state index in [-0.39, 0.29) is 18.6 Å². The topological polar surface area (TPSA) is 68.5 Å². The van der Waals surface area contributed by atoms with Crippen LogP contribution in [0.3, 0.4) is 0 Å². The van der Waals surface area contributed by atoms with E-state index < -0.39 is 5.97 Å². The van der Waals surface area contributed by atoms with Crippen LogP contribution in [0.4, 0.5) is 0 Å². The zero-order valence-corrected chi connectivity index (χ0v) is 14.8. The van der Waals surface area contributed by atoms with Crippen LogP contribution in [0.15, 0.2) is 39.2 Å². The first-order valence-electron chi connectivity index (χ1n) is 7.16. The van der Waals surface area contributed by atoms with E-state index in [1.54, 1.807) is 19.9 Å². The molecule has 1 amide bonds. The maximum absolute atomic E-state index is 11.9. The van der Waals surface area contributed by atoms with Gasteiger partial charge in [0.05, 0.1) is 6.04 Å². The molecule has 0 saturated carbocycles. The molecule has 0 saturated heterocycles. The van der Waals surface area contributed by atoms with Crippen molar-refractivity contribution >= 4 is 27.8 Å². The van der Waals surface area contributed by atoms with Gasteiger partial charge in [0.25, 0.3) is 5.91 Å². The van der Waals surface area contributed by atoms with Crippen molar-refractivity contribution in [3.63, 3.8) is 0 Å². The molecule has 5 nitrogen and oxygen atoms in total. The molecule has 1 atom stereocenters. The minimum absolute atomic E-state index is 0.174. The first-order valence-corrected chi connectivity index (χ1v) is 7.95. The monoisotopic (exact) mass is 379 g/mol. The van der Waals surface area contributed by atoms with Gasteiger partial charge in [0.15, 0.2) is 6.61 Å². The predicted molar refractivity (Wildman–Crippen MR) is 89.2 cm³/mol. The molecule has 1 N–H and O–H groups in total. The Labute approximate surface area is 143 Å². The smallest absolute Gasteiger partial charge is 0.342 e. The highest BCUT2D eigenvalue weighted by atomic mass is 79.9. The van der Waals surface area contributed by atoms with E-state index in [1.807, 2.05) is 31.2 Å². The number of esters is 1. The zero-order chi connectivity index (χ0) is 17.0. The molecule has 1 heterocycles. The summed E-state index contributed by atoms with van der Waals surface area (Å²) in [6, 6.07) is 9.06. The molecular formula is C17H18BrNO4. The van der Waals surface area contributed by atoms with Gasteiger partial charge in [-0.25, -0.2) is 4.79 Å². The third-order valence-electron chi connectivity index (χ3n) is 3.34. The Bertz CT molecular complexity index is 706. The molecule has 0 aliphatic heterocycles. The van der Waals surface area contributed by atoms with Crippen molar-refractivity contribution in [2.75, 3.05) is 6.61 Å². The van der Waals surface area contributed by atoms with Gasteiger partial charge in [0, 0.05) is 4.47 Å². The SMILES string of the molecule is Cc1cc(C(=O)OCC(=O)N[C@H](C)c2ccc(Br)cc2)c(C)o1. The number of furan rings is 1. The van der Waals surface area contributed by atoms with Crippen molar-refractivity contribution in [2.45, 2.75) is 26.8 Å². The standard InChI is InChI=1S/C17H18BrNO4/c1-10-8-15(12(3)23-10)17(21)22-9-16(20)19-11(2)13-4-6-14(18)7-5-13/h4-8,11H,9H2,1-3H3,(H,19,20)/t11-/m1/s1.